The number of benzene rings is 2. The molecule has 2 aromatic rings. The number of methoxy groups -OCH3 is 1. The van der Waals surface area contributed by atoms with Crippen molar-refractivity contribution in [2.75, 3.05) is 20.3 Å². The summed E-state index contributed by atoms with van der Waals surface area (Å²) in [4.78, 5) is 37.2. The third kappa shape index (κ3) is 6.68. The van der Waals surface area contributed by atoms with E-state index in [2.05, 4.69) is 21.2 Å². The summed E-state index contributed by atoms with van der Waals surface area (Å²) >= 11 is 3.37. The summed E-state index contributed by atoms with van der Waals surface area (Å²) in [7, 11) is 1.31. The first-order valence-electron chi connectivity index (χ1n) is 9.53. The SMILES string of the molecule is CCNC(=O)[C@H](C)N(Cc1ccc(Br)cc1)C(=O)COc1ccc([N+](=O)[O-])c(OC)c1. The third-order valence-corrected chi connectivity index (χ3v) is 5.02. The number of carbonyl (C=O) groups is 2. The van der Waals surface area contributed by atoms with Gasteiger partial charge in [0.25, 0.3) is 5.91 Å². The van der Waals surface area contributed by atoms with Gasteiger partial charge in [0.2, 0.25) is 11.7 Å². The minimum Gasteiger partial charge on any atom is -0.490 e. The van der Waals surface area contributed by atoms with Crippen molar-refractivity contribution >= 4 is 33.4 Å². The molecule has 2 amide bonds. The number of nitro groups is 1. The molecule has 0 fully saturated rings. The van der Waals surface area contributed by atoms with Crippen LogP contribution in [0.15, 0.2) is 46.9 Å². The van der Waals surface area contributed by atoms with Gasteiger partial charge < -0.3 is 19.7 Å². The second-order valence-electron chi connectivity index (χ2n) is 6.60. The predicted molar refractivity (Wildman–Crippen MR) is 118 cm³/mol. The second-order valence-corrected chi connectivity index (χ2v) is 7.51. The molecule has 31 heavy (non-hydrogen) atoms. The monoisotopic (exact) mass is 493 g/mol. The normalized spacial score (nSPS) is 11.4. The van der Waals surface area contributed by atoms with Crippen molar-refractivity contribution in [3.63, 3.8) is 0 Å². The van der Waals surface area contributed by atoms with E-state index >= 15 is 0 Å². The van der Waals surface area contributed by atoms with Crippen LogP contribution in [0.5, 0.6) is 11.5 Å². The minimum atomic E-state index is -0.717. The van der Waals surface area contributed by atoms with Crippen LogP contribution in [0.25, 0.3) is 0 Å². The zero-order chi connectivity index (χ0) is 23.0. The molecule has 10 heteroatoms. The molecule has 0 aliphatic carbocycles. The Labute approximate surface area is 188 Å². The predicted octanol–water partition coefficient (Wildman–Crippen LogP) is 3.30. The van der Waals surface area contributed by atoms with Crippen molar-refractivity contribution in [1.29, 1.82) is 0 Å². The minimum absolute atomic E-state index is 0.0253. The summed E-state index contributed by atoms with van der Waals surface area (Å²) in [6.07, 6.45) is 0. The van der Waals surface area contributed by atoms with E-state index in [0.29, 0.717) is 6.54 Å². The Morgan fingerprint density at radius 1 is 1.23 bits per heavy atom. The Kier molecular flexibility index (Phi) is 8.80. The first-order valence-corrected chi connectivity index (χ1v) is 10.3. The number of rotatable bonds is 10. The third-order valence-electron chi connectivity index (χ3n) is 4.49. The lowest BCUT2D eigenvalue weighted by molar-refractivity contribution is -0.385. The molecule has 1 N–H and O–H groups in total. The van der Waals surface area contributed by atoms with Crippen LogP contribution in [-0.4, -0.2) is 47.9 Å². The number of carbonyl (C=O) groups excluding carboxylic acids is 2. The number of halogens is 1. The molecule has 0 radical (unpaired) electrons. The van der Waals surface area contributed by atoms with Gasteiger partial charge in [0.15, 0.2) is 6.61 Å². The molecule has 166 valence electrons. The summed E-state index contributed by atoms with van der Waals surface area (Å²) in [5.74, 6) is -0.411. The van der Waals surface area contributed by atoms with Crippen LogP contribution in [0.2, 0.25) is 0 Å². The summed E-state index contributed by atoms with van der Waals surface area (Å²) in [5, 5.41) is 13.7. The Bertz CT molecular complexity index is 935. The maximum absolute atomic E-state index is 12.9. The largest absolute Gasteiger partial charge is 0.490 e. The van der Waals surface area contributed by atoms with Crippen LogP contribution in [0.1, 0.15) is 19.4 Å². The van der Waals surface area contributed by atoms with Gasteiger partial charge in [-0.1, -0.05) is 28.1 Å². The summed E-state index contributed by atoms with van der Waals surface area (Å²) < 4.78 is 11.5. The van der Waals surface area contributed by atoms with Gasteiger partial charge in [-0.3, -0.25) is 19.7 Å². The maximum Gasteiger partial charge on any atom is 0.311 e. The molecule has 0 bridgehead atoms. The van der Waals surface area contributed by atoms with E-state index in [4.69, 9.17) is 9.47 Å². The molecule has 2 rings (SSSR count). The summed E-state index contributed by atoms with van der Waals surface area (Å²) in [5.41, 5.74) is 0.646. The van der Waals surface area contributed by atoms with E-state index in [-0.39, 0.29) is 36.2 Å². The topological polar surface area (TPSA) is 111 Å². The second kappa shape index (κ2) is 11.3. The Morgan fingerprint density at radius 3 is 2.48 bits per heavy atom. The van der Waals surface area contributed by atoms with Gasteiger partial charge in [-0.05, 0) is 37.6 Å². The molecular weight excluding hydrogens is 470 g/mol. The van der Waals surface area contributed by atoms with Gasteiger partial charge in [0.1, 0.15) is 11.8 Å². The molecule has 0 aliphatic heterocycles. The van der Waals surface area contributed by atoms with E-state index in [1.54, 1.807) is 13.8 Å². The number of likely N-dealkylation sites (N-methyl/N-ethyl adjacent to an activating group) is 1. The lowest BCUT2D eigenvalue weighted by Gasteiger charge is -2.28. The fraction of sp³-hybridized carbons (Fsp3) is 0.333. The highest BCUT2D eigenvalue weighted by Gasteiger charge is 2.26. The van der Waals surface area contributed by atoms with Crippen LogP contribution in [0.4, 0.5) is 5.69 Å². The first-order chi connectivity index (χ1) is 14.8. The van der Waals surface area contributed by atoms with Crippen LogP contribution in [-0.2, 0) is 16.1 Å². The molecule has 0 spiro atoms. The highest BCUT2D eigenvalue weighted by atomic mass is 79.9. The van der Waals surface area contributed by atoms with Crippen molar-refractivity contribution in [2.24, 2.45) is 0 Å². The van der Waals surface area contributed by atoms with Crippen LogP contribution < -0.4 is 14.8 Å². The van der Waals surface area contributed by atoms with Crippen molar-refractivity contribution in [3.8, 4) is 11.5 Å². The van der Waals surface area contributed by atoms with E-state index in [1.165, 1.54) is 30.2 Å². The molecule has 1 atom stereocenters. The lowest BCUT2D eigenvalue weighted by atomic mass is 10.1. The summed E-state index contributed by atoms with van der Waals surface area (Å²) in [6.45, 7) is 3.77. The number of nitrogens with one attached hydrogen (secondary N) is 1. The van der Waals surface area contributed by atoms with E-state index in [9.17, 15) is 19.7 Å². The number of hydrogen-bond donors (Lipinski definition) is 1. The van der Waals surface area contributed by atoms with Gasteiger partial charge in [-0.25, -0.2) is 0 Å². The van der Waals surface area contributed by atoms with Gasteiger partial charge >= 0.3 is 5.69 Å². The number of nitrogens with zero attached hydrogens (tertiary/aromatic N) is 2. The summed E-state index contributed by atoms with van der Waals surface area (Å²) in [6, 6.07) is 10.7. The highest BCUT2D eigenvalue weighted by Crippen LogP contribution is 2.30. The van der Waals surface area contributed by atoms with Gasteiger partial charge in [0, 0.05) is 29.7 Å². The van der Waals surface area contributed by atoms with E-state index < -0.39 is 16.9 Å². The van der Waals surface area contributed by atoms with Crippen molar-refractivity contribution < 1.29 is 24.0 Å². The smallest absolute Gasteiger partial charge is 0.311 e. The average molecular weight is 494 g/mol. The van der Waals surface area contributed by atoms with Crippen molar-refractivity contribution in [2.45, 2.75) is 26.4 Å². The molecule has 0 aliphatic rings. The van der Waals surface area contributed by atoms with Gasteiger partial charge in [0.05, 0.1) is 12.0 Å². The lowest BCUT2D eigenvalue weighted by Crippen LogP contribution is -2.49. The molecule has 9 nitrogen and oxygen atoms in total. The molecule has 2 aromatic carbocycles. The van der Waals surface area contributed by atoms with Crippen molar-refractivity contribution in [3.05, 3.63) is 62.6 Å². The molecule has 0 heterocycles. The Morgan fingerprint density at radius 2 is 1.90 bits per heavy atom. The van der Waals surface area contributed by atoms with Crippen molar-refractivity contribution in [1.82, 2.24) is 10.2 Å². The number of ether oxygens (including phenoxy) is 2. The van der Waals surface area contributed by atoms with Gasteiger partial charge in [-0.2, -0.15) is 0 Å². The molecular formula is C21H24BrN3O6. The molecule has 0 aromatic heterocycles. The standard InChI is InChI=1S/C21H24BrN3O6/c1-4-23-21(27)14(2)24(12-15-5-7-16(22)8-6-15)20(26)13-31-17-9-10-18(25(28)29)19(11-17)30-3/h5-11,14H,4,12-13H2,1-3H3,(H,23,27)/t14-/m0/s1. The Balaban J connectivity index is 2.17. The number of nitro benzene ring substituents is 1. The molecule has 0 unspecified atom stereocenters. The molecule has 0 saturated heterocycles. The fourth-order valence-electron chi connectivity index (χ4n) is 2.82. The highest BCUT2D eigenvalue weighted by molar-refractivity contribution is 9.10. The van der Waals surface area contributed by atoms with Crippen LogP contribution in [0, 0.1) is 10.1 Å². The molecule has 0 saturated carbocycles. The maximum atomic E-state index is 12.9. The van der Waals surface area contributed by atoms with E-state index in [1.807, 2.05) is 24.3 Å². The van der Waals surface area contributed by atoms with Crippen LogP contribution in [0.3, 0.4) is 0 Å². The quantitative estimate of drug-likeness (QED) is 0.401. The Hall–Kier alpha value is -3.14. The zero-order valence-electron chi connectivity index (χ0n) is 17.5. The van der Waals surface area contributed by atoms with Gasteiger partial charge in [-0.15, -0.1) is 0 Å². The number of hydrogen-bond acceptors (Lipinski definition) is 6. The fourth-order valence-corrected chi connectivity index (χ4v) is 3.08. The average Bonchev–Trinajstić information content (AvgIpc) is 2.76. The number of amides is 2. The van der Waals surface area contributed by atoms with Crippen LogP contribution >= 0.6 is 15.9 Å². The van der Waals surface area contributed by atoms with E-state index in [0.717, 1.165) is 10.0 Å². The first kappa shape index (κ1) is 24.1. The zero-order valence-corrected chi connectivity index (χ0v) is 19.0.